The molecule has 0 bridgehead atoms. The van der Waals surface area contributed by atoms with E-state index in [1.807, 2.05) is 12.1 Å². The molecule has 0 N–H and O–H groups in total. The third-order valence-electron chi connectivity index (χ3n) is 10.8. The predicted molar refractivity (Wildman–Crippen MR) is 218 cm³/mol. The second-order valence-corrected chi connectivity index (χ2v) is 13.9. The van der Waals surface area contributed by atoms with E-state index in [1.54, 1.807) is 0 Å². The van der Waals surface area contributed by atoms with Gasteiger partial charge >= 0.3 is 0 Å². The maximum absolute atomic E-state index is 5.30. The molecule has 7 aromatic rings. The topological polar surface area (TPSA) is 41.9 Å². The second-order valence-electron chi connectivity index (χ2n) is 13.9. The summed E-state index contributed by atoms with van der Waals surface area (Å²) in [5.41, 5.74) is 13.3. The molecule has 3 aliphatic rings. The molecule has 0 saturated heterocycles. The number of hydrogen-bond donors (Lipinski definition) is 0. The van der Waals surface area contributed by atoms with Crippen molar-refractivity contribution in [3.8, 4) is 33.8 Å². The van der Waals surface area contributed by atoms with Crippen LogP contribution in [0.4, 0.5) is 11.4 Å². The summed E-state index contributed by atoms with van der Waals surface area (Å²) in [4.78, 5) is 17.9. The lowest BCUT2D eigenvalue weighted by Gasteiger charge is -2.30. The van der Waals surface area contributed by atoms with Crippen molar-refractivity contribution in [2.75, 3.05) is 4.90 Å². The summed E-state index contributed by atoms with van der Waals surface area (Å²) in [5.74, 6) is 1.25. The Bertz CT molecular complexity index is 2530. The normalized spacial score (nSPS) is 18.5. The average molecular weight is 681 g/mol. The van der Waals surface area contributed by atoms with Gasteiger partial charge in [-0.3, -0.25) is 0 Å². The first kappa shape index (κ1) is 31.1. The fourth-order valence-corrected chi connectivity index (χ4v) is 8.17. The highest BCUT2D eigenvalue weighted by Gasteiger charge is 2.41. The molecule has 0 amide bonds. The van der Waals surface area contributed by atoms with Crippen LogP contribution in [0, 0.1) is 0 Å². The Morgan fingerprint density at radius 1 is 0.566 bits per heavy atom. The smallest absolute Gasteiger partial charge is 0.160 e. The molecule has 3 heterocycles. The van der Waals surface area contributed by atoms with Crippen LogP contribution in [0.3, 0.4) is 0 Å². The maximum atomic E-state index is 5.30. The first-order chi connectivity index (χ1) is 26.3. The maximum Gasteiger partial charge on any atom is 0.160 e. The van der Waals surface area contributed by atoms with E-state index >= 15 is 0 Å². The van der Waals surface area contributed by atoms with Gasteiger partial charge in [0.1, 0.15) is 0 Å². The predicted octanol–water partition coefficient (Wildman–Crippen LogP) is 11.9. The van der Waals surface area contributed by atoms with Crippen LogP contribution in [-0.2, 0) is 0 Å². The van der Waals surface area contributed by atoms with Crippen molar-refractivity contribution in [3.05, 3.63) is 205 Å². The second kappa shape index (κ2) is 13.2. The molecule has 10 rings (SSSR count). The van der Waals surface area contributed by atoms with Crippen molar-refractivity contribution >= 4 is 27.9 Å². The zero-order chi connectivity index (χ0) is 35.1. The van der Waals surface area contributed by atoms with E-state index in [0.717, 1.165) is 57.1 Å². The Morgan fingerprint density at radius 2 is 1.19 bits per heavy atom. The molecule has 0 saturated carbocycles. The van der Waals surface area contributed by atoms with Crippen LogP contribution in [0.1, 0.15) is 35.2 Å². The van der Waals surface area contributed by atoms with Crippen LogP contribution in [0.25, 0.3) is 50.2 Å². The van der Waals surface area contributed by atoms with Gasteiger partial charge in [0.25, 0.3) is 0 Å². The van der Waals surface area contributed by atoms with Gasteiger partial charge in [-0.1, -0.05) is 164 Å². The van der Waals surface area contributed by atoms with Crippen molar-refractivity contribution in [1.29, 1.82) is 0 Å². The fraction of sp³-hybridized carbons (Fsp3) is 0.0816. The van der Waals surface area contributed by atoms with Gasteiger partial charge in [-0.2, -0.15) is 0 Å². The summed E-state index contributed by atoms with van der Waals surface area (Å²) in [5, 5.41) is 1.22. The highest BCUT2D eigenvalue weighted by atomic mass is 15.2. The molecule has 2 aromatic heterocycles. The van der Waals surface area contributed by atoms with Crippen molar-refractivity contribution in [3.63, 3.8) is 0 Å². The van der Waals surface area contributed by atoms with E-state index in [1.165, 1.54) is 27.9 Å². The molecule has 4 heteroatoms. The van der Waals surface area contributed by atoms with Gasteiger partial charge in [0.15, 0.2) is 5.82 Å². The zero-order valence-electron chi connectivity index (χ0n) is 29.1. The van der Waals surface area contributed by atoms with E-state index < -0.39 is 0 Å². The SMILES string of the molecule is C1=CC2c3c(c(-c4ccccc4)nc4ccccc34)N(c3ccc(C4C=CC(c5nc(-c6ccccc6)cc(-c6ccccc6)n5)=CC4)cc3)C2C=C1. The Labute approximate surface area is 309 Å². The van der Waals surface area contributed by atoms with Gasteiger partial charge in [0.2, 0.25) is 0 Å². The number of rotatable bonds is 6. The minimum atomic E-state index is 0.170. The van der Waals surface area contributed by atoms with Gasteiger partial charge in [-0.15, -0.1) is 0 Å². The number of hydrogen-bond acceptors (Lipinski definition) is 4. The molecule has 3 unspecified atom stereocenters. The highest BCUT2D eigenvalue weighted by Crippen LogP contribution is 2.53. The number of anilines is 2. The summed E-state index contributed by atoms with van der Waals surface area (Å²) in [6.07, 6.45) is 16.8. The number of benzene rings is 5. The number of fused-ring (bicyclic) bond motifs is 5. The van der Waals surface area contributed by atoms with Gasteiger partial charge in [-0.25, -0.2) is 15.0 Å². The third-order valence-corrected chi connectivity index (χ3v) is 10.8. The lowest BCUT2D eigenvalue weighted by Crippen LogP contribution is -2.28. The van der Waals surface area contributed by atoms with Crippen LogP contribution in [0.15, 0.2) is 188 Å². The molecule has 2 aliphatic carbocycles. The Kier molecular flexibility index (Phi) is 7.72. The minimum absolute atomic E-state index is 0.170. The van der Waals surface area contributed by atoms with Crippen molar-refractivity contribution in [1.82, 2.24) is 15.0 Å². The quantitative estimate of drug-likeness (QED) is 0.175. The average Bonchev–Trinajstić information content (AvgIpc) is 3.60. The van der Waals surface area contributed by atoms with Crippen molar-refractivity contribution < 1.29 is 0 Å². The van der Waals surface area contributed by atoms with Gasteiger partial charge in [0.05, 0.1) is 34.3 Å². The van der Waals surface area contributed by atoms with Crippen LogP contribution in [0.5, 0.6) is 0 Å². The highest BCUT2D eigenvalue weighted by molar-refractivity contribution is 5.99. The monoisotopic (exact) mass is 680 g/mol. The first-order valence-corrected chi connectivity index (χ1v) is 18.4. The van der Waals surface area contributed by atoms with E-state index in [9.17, 15) is 0 Å². The van der Waals surface area contributed by atoms with E-state index in [-0.39, 0.29) is 17.9 Å². The third kappa shape index (κ3) is 5.60. The largest absolute Gasteiger partial charge is 0.332 e. The number of para-hydroxylation sites is 1. The van der Waals surface area contributed by atoms with E-state index in [0.29, 0.717) is 0 Å². The number of aromatic nitrogens is 3. The summed E-state index contributed by atoms with van der Waals surface area (Å²) >= 11 is 0. The van der Waals surface area contributed by atoms with Gasteiger partial charge in [-0.05, 0) is 41.8 Å². The van der Waals surface area contributed by atoms with Crippen LogP contribution in [-0.4, -0.2) is 21.0 Å². The summed E-state index contributed by atoms with van der Waals surface area (Å²) < 4.78 is 0. The standard InChI is InChI=1S/C49H36N4/c1-4-14-35(15-5-1)43-32-44(36-16-6-2-7-17-36)52-49(51-43)38-26-24-33(25-27-38)34-28-30-39(31-29-34)53-45-23-13-11-21-41(45)46-40-20-10-12-22-42(40)50-47(48(46)53)37-18-8-3-9-19-37/h1-24,26-33,41,45H,25H2. The van der Waals surface area contributed by atoms with Gasteiger partial charge in [0, 0.05) is 45.2 Å². The molecular weight excluding hydrogens is 645 g/mol. The van der Waals surface area contributed by atoms with Crippen molar-refractivity contribution in [2.24, 2.45) is 0 Å². The Hall–Kier alpha value is -6.65. The Morgan fingerprint density at radius 3 is 1.85 bits per heavy atom. The zero-order valence-corrected chi connectivity index (χ0v) is 29.1. The number of pyridine rings is 1. The van der Waals surface area contributed by atoms with Crippen molar-refractivity contribution in [2.45, 2.75) is 24.3 Å². The molecule has 0 fully saturated rings. The lowest BCUT2D eigenvalue weighted by molar-refractivity contribution is 0.747. The van der Waals surface area contributed by atoms with Crippen LogP contribution in [0.2, 0.25) is 0 Å². The summed E-state index contributed by atoms with van der Waals surface area (Å²) in [7, 11) is 0. The lowest BCUT2D eigenvalue weighted by atomic mass is 9.88. The summed E-state index contributed by atoms with van der Waals surface area (Å²) in [6.45, 7) is 0. The first-order valence-electron chi connectivity index (χ1n) is 18.4. The number of nitrogens with zero attached hydrogens (tertiary/aromatic N) is 4. The molecule has 4 nitrogen and oxygen atoms in total. The Balaban J connectivity index is 0.981. The fourth-order valence-electron chi connectivity index (χ4n) is 8.17. The molecule has 3 atom stereocenters. The molecule has 252 valence electrons. The molecule has 5 aromatic carbocycles. The summed E-state index contributed by atoms with van der Waals surface area (Å²) in [6, 6.07) is 51.4. The van der Waals surface area contributed by atoms with Crippen LogP contribution >= 0.6 is 0 Å². The minimum Gasteiger partial charge on any atom is -0.332 e. The van der Waals surface area contributed by atoms with Gasteiger partial charge < -0.3 is 4.90 Å². The number of allylic oxidation sites excluding steroid dienone is 6. The van der Waals surface area contributed by atoms with E-state index in [4.69, 9.17) is 15.0 Å². The molecular formula is C49H36N4. The molecule has 0 radical (unpaired) electrons. The van der Waals surface area contributed by atoms with Crippen LogP contribution < -0.4 is 4.90 Å². The molecule has 1 aliphatic heterocycles. The van der Waals surface area contributed by atoms with E-state index in [2.05, 4.69) is 181 Å². The molecule has 0 spiro atoms. The molecule has 53 heavy (non-hydrogen) atoms.